The fourth-order valence-corrected chi connectivity index (χ4v) is 1.93. The fraction of sp³-hybridized carbons (Fsp3) is 0.417. The topological polar surface area (TPSA) is 17.1 Å². The van der Waals surface area contributed by atoms with Crippen molar-refractivity contribution in [2.75, 3.05) is 0 Å². The van der Waals surface area contributed by atoms with Crippen LogP contribution in [0, 0.1) is 6.92 Å². The standard InChI is InChI=1S/C12H11F3O/c1-7-2-3-8(12(13,14)15)6-10(7)9-4-5-11(9)16/h2-3,6,9H,4-5H2,1H3. The maximum Gasteiger partial charge on any atom is 0.416 e. The van der Waals surface area contributed by atoms with Gasteiger partial charge in [0.25, 0.3) is 0 Å². The van der Waals surface area contributed by atoms with Gasteiger partial charge in [0.15, 0.2) is 0 Å². The number of halogens is 3. The molecule has 1 aliphatic carbocycles. The van der Waals surface area contributed by atoms with Crippen molar-refractivity contribution in [3.05, 3.63) is 34.9 Å². The first-order valence-corrected chi connectivity index (χ1v) is 5.10. The number of carbonyl (C=O) groups is 1. The molecule has 16 heavy (non-hydrogen) atoms. The van der Waals surface area contributed by atoms with Crippen LogP contribution < -0.4 is 0 Å². The Labute approximate surface area is 91.3 Å². The Balaban J connectivity index is 2.41. The second kappa shape index (κ2) is 3.61. The van der Waals surface area contributed by atoms with Crippen molar-refractivity contribution < 1.29 is 18.0 Å². The molecule has 1 aliphatic rings. The van der Waals surface area contributed by atoms with E-state index in [1.54, 1.807) is 6.92 Å². The molecule has 1 saturated carbocycles. The van der Waals surface area contributed by atoms with Crippen molar-refractivity contribution in [1.29, 1.82) is 0 Å². The molecule has 0 aliphatic heterocycles. The van der Waals surface area contributed by atoms with Gasteiger partial charge in [0.1, 0.15) is 5.78 Å². The Hall–Kier alpha value is -1.32. The molecule has 0 spiro atoms. The number of hydrogen-bond acceptors (Lipinski definition) is 1. The third-order valence-corrected chi connectivity index (χ3v) is 3.05. The maximum absolute atomic E-state index is 12.5. The molecule has 2 rings (SSSR count). The van der Waals surface area contributed by atoms with Gasteiger partial charge in [0.2, 0.25) is 0 Å². The number of carbonyl (C=O) groups excluding carboxylic acids is 1. The second-order valence-corrected chi connectivity index (χ2v) is 4.13. The molecule has 0 amide bonds. The fourth-order valence-electron chi connectivity index (χ4n) is 1.93. The summed E-state index contributed by atoms with van der Waals surface area (Å²) in [6, 6.07) is 3.60. The lowest BCUT2D eigenvalue weighted by molar-refractivity contribution is -0.137. The normalized spacial score (nSPS) is 20.8. The number of ketones is 1. The highest BCUT2D eigenvalue weighted by Gasteiger charge is 2.35. The largest absolute Gasteiger partial charge is 0.416 e. The van der Waals surface area contributed by atoms with Gasteiger partial charge in [0, 0.05) is 12.3 Å². The van der Waals surface area contributed by atoms with E-state index in [2.05, 4.69) is 0 Å². The zero-order chi connectivity index (χ0) is 11.9. The average molecular weight is 228 g/mol. The molecule has 1 nitrogen and oxygen atoms in total. The van der Waals surface area contributed by atoms with Crippen LogP contribution in [0.2, 0.25) is 0 Å². The number of alkyl halides is 3. The number of Topliss-reactive ketones (excluding diaryl/α,β-unsaturated/α-hetero) is 1. The van der Waals surface area contributed by atoms with Crippen molar-refractivity contribution in [2.24, 2.45) is 0 Å². The summed E-state index contributed by atoms with van der Waals surface area (Å²) in [5, 5.41) is 0. The molecule has 1 unspecified atom stereocenters. The van der Waals surface area contributed by atoms with Crippen LogP contribution in [0.3, 0.4) is 0 Å². The van der Waals surface area contributed by atoms with Crippen LogP contribution in [0.15, 0.2) is 18.2 Å². The Morgan fingerprint density at radius 2 is 2.00 bits per heavy atom. The molecule has 4 heteroatoms. The quantitative estimate of drug-likeness (QED) is 0.719. The van der Waals surface area contributed by atoms with Gasteiger partial charge in [0.05, 0.1) is 5.56 Å². The van der Waals surface area contributed by atoms with Gasteiger partial charge in [-0.15, -0.1) is 0 Å². The van der Waals surface area contributed by atoms with Crippen molar-refractivity contribution in [2.45, 2.75) is 31.9 Å². The first kappa shape index (κ1) is 11.2. The summed E-state index contributed by atoms with van der Waals surface area (Å²) >= 11 is 0. The van der Waals surface area contributed by atoms with Crippen LogP contribution in [0.25, 0.3) is 0 Å². The van der Waals surface area contributed by atoms with E-state index >= 15 is 0 Å². The van der Waals surface area contributed by atoms with E-state index in [-0.39, 0.29) is 11.7 Å². The Morgan fingerprint density at radius 3 is 2.44 bits per heavy atom. The summed E-state index contributed by atoms with van der Waals surface area (Å²) in [6.45, 7) is 1.74. The minimum atomic E-state index is -4.34. The van der Waals surface area contributed by atoms with Gasteiger partial charge in [-0.05, 0) is 36.6 Å². The molecular formula is C12H11F3O. The number of benzene rings is 1. The summed E-state index contributed by atoms with van der Waals surface area (Å²) in [6.07, 6.45) is -3.18. The molecule has 1 fully saturated rings. The van der Waals surface area contributed by atoms with Crippen molar-refractivity contribution in [3.63, 3.8) is 0 Å². The van der Waals surface area contributed by atoms with E-state index in [9.17, 15) is 18.0 Å². The highest BCUT2D eigenvalue weighted by Crippen LogP contribution is 2.38. The molecule has 0 saturated heterocycles. The van der Waals surface area contributed by atoms with Gasteiger partial charge in [-0.25, -0.2) is 0 Å². The molecule has 0 aromatic heterocycles. The van der Waals surface area contributed by atoms with Crippen molar-refractivity contribution in [3.8, 4) is 0 Å². The Morgan fingerprint density at radius 1 is 1.31 bits per heavy atom. The van der Waals surface area contributed by atoms with Crippen LogP contribution in [0.1, 0.15) is 35.4 Å². The van der Waals surface area contributed by atoms with Crippen LogP contribution >= 0.6 is 0 Å². The predicted molar refractivity (Wildman–Crippen MR) is 53.2 cm³/mol. The second-order valence-electron chi connectivity index (χ2n) is 4.13. The first-order chi connectivity index (χ1) is 7.39. The molecule has 0 bridgehead atoms. The van der Waals surface area contributed by atoms with Gasteiger partial charge < -0.3 is 0 Å². The summed E-state index contributed by atoms with van der Waals surface area (Å²) < 4.78 is 37.5. The molecular weight excluding hydrogens is 217 g/mol. The third kappa shape index (κ3) is 1.84. The first-order valence-electron chi connectivity index (χ1n) is 5.10. The summed E-state index contributed by atoms with van der Waals surface area (Å²) in [7, 11) is 0. The highest BCUT2D eigenvalue weighted by molar-refractivity contribution is 5.91. The summed E-state index contributed by atoms with van der Waals surface area (Å²) in [5.41, 5.74) is 0.616. The summed E-state index contributed by atoms with van der Waals surface area (Å²) in [4.78, 5) is 11.3. The lowest BCUT2D eigenvalue weighted by Gasteiger charge is -2.26. The molecule has 1 aromatic carbocycles. The van der Waals surface area contributed by atoms with E-state index in [1.165, 1.54) is 6.07 Å². The third-order valence-electron chi connectivity index (χ3n) is 3.05. The zero-order valence-corrected chi connectivity index (χ0v) is 8.77. The van der Waals surface area contributed by atoms with Crippen LogP contribution in [-0.4, -0.2) is 5.78 Å². The Kier molecular flexibility index (Phi) is 2.52. The Bertz CT molecular complexity index is 434. The van der Waals surface area contributed by atoms with E-state index in [0.717, 1.165) is 17.7 Å². The molecule has 86 valence electrons. The predicted octanol–water partition coefficient (Wildman–Crippen LogP) is 3.46. The average Bonchev–Trinajstić information content (AvgIpc) is 2.17. The highest BCUT2D eigenvalue weighted by atomic mass is 19.4. The van der Waals surface area contributed by atoms with Crippen molar-refractivity contribution in [1.82, 2.24) is 0 Å². The molecule has 1 atom stereocenters. The minimum Gasteiger partial charge on any atom is -0.299 e. The van der Waals surface area contributed by atoms with Crippen molar-refractivity contribution >= 4 is 5.78 Å². The molecule has 0 N–H and O–H groups in total. The van der Waals surface area contributed by atoms with E-state index in [4.69, 9.17) is 0 Å². The lowest BCUT2D eigenvalue weighted by Crippen LogP contribution is -2.24. The minimum absolute atomic E-state index is 0.0439. The SMILES string of the molecule is Cc1ccc(C(F)(F)F)cc1C1CCC1=O. The smallest absolute Gasteiger partial charge is 0.299 e. The van der Waals surface area contributed by atoms with E-state index in [0.29, 0.717) is 18.4 Å². The van der Waals surface area contributed by atoms with Gasteiger partial charge in [-0.3, -0.25) is 4.79 Å². The molecule has 0 heterocycles. The van der Waals surface area contributed by atoms with E-state index < -0.39 is 11.7 Å². The molecule has 1 aromatic rings. The maximum atomic E-state index is 12.5. The summed E-state index contributed by atoms with van der Waals surface area (Å²) in [5.74, 6) is -0.273. The van der Waals surface area contributed by atoms with Gasteiger partial charge >= 0.3 is 6.18 Å². The zero-order valence-electron chi connectivity index (χ0n) is 8.77. The van der Waals surface area contributed by atoms with Gasteiger partial charge in [-0.1, -0.05) is 6.07 Å². The molecule has 0 radical (unpaired) electrons. The van der Waals surface area contributed by atoms with E-state index in [1.807, 2.05) is 0 Å². The number of aryl methyl sites for hydroxylation is 1. The van der Waals surface area contributed by atoms with Gasteiger partial charge in [-0.2, -0.15) is 13.2 Å². The van der Waals surface area contributed by atoms with Crippen LogP contribution in [0.4, 0.5) is 13.2 Å². The van der Waals surface area contributed by atoms with Crippen LogP contribution in [0.5, 0.6) is 0 Å². The number of rotatable bonds is 1. The number of hydrogen-bond donors (Lipinski definition) is 0. The monoisotopic (exact) mass is 228 g/mol. The van der Waals surface area contributed by atoms with Crippen LogP contribution in [-0.2, 0) is 11.0 Å². The lowest BCUT2D eigenvalue weighted by atomic mass is 9.76.